The van der Waals surface area contributed by atoms with Gasteiger partial charge in [0.15, 0.2) is 0 Å². The first-order valence-corrected chi connectivity index (χ1v) is 6.07. The molecule has 0 spiro atoms. The number of hydrogen-bond acceptors (Lipinski definition) is 4. The highest BCUT2D eigenvalue weighted by Gasteiger charge is 2.05. The van der Waals surface area contributed by atoms with Gasteiger partial charge in [0.05, 0.1) is 7.11 Å². The van der Waals surface area contributed by atoms with Crippen LogP contribution in [0.2, 0.25) is 0 Å². The molecule has 0 aromatic heterocycles. The average molecular weight is 266 g/mol. The summed E-state index contributed by atoms with van der Waals surface area (Å²) in [5.41, 5.74) is 2.95. The van der Waals surface area contributed by atoms with Crippen molar-refractivity contribution >= 4 is 11.4 Å². The summed E-state index contributed by atoms with van der Waals surface area (Å²) in [7, 11) is 1.59. The Morgan fingerprint density at radius 1 is 1.30 bits per heavy atom. The minimum atomic E-state index is 0.375. The fourth-order valence-corrected chi connectivity index (χ4v) is 1.88. The lowest BCUT2D eigenvalue weighted by Crippen LogP contribution is -2.01. The fraction of sp³-hybridized carbons (Fsp3) is 0.125. The molecule has 2 aromatic carbocycles. The van der Waals surface area contributed by atoms with Gasteiger partial charge in [-0.2, -0.15) is 0 Å². The van der Waals surface area contributed by atoms with Crippen LogP contribution in [0.5, 0.6) is 5.75 Å². The van der Waals surface area contributed by atoms with Crippen LogP contribution in [0.4, 0.5) is 11.4 Å². The molecule has 2 rings (SSSR count). The molecule has 2 aromatic rings. The first-order valence-electron chi connectivity index (χ1n) is 6.07. The maximum absolute atomic E-state index is 10.6. The molecule has 0 aliphatic heterocycles. The zero-order chi connectivity index (χ0) is 14.4. The minimum absolute atomic E-state index is 0.375. The zero-order valence-corrected chi connectivity index (χ0v) is 11.1. The van der Waals surface area contributed by atoms with Gasteiger partial charge in [-0.15, -0.1) is 11.3 Å². The van der Waals surface area contributed by atoms with Crippen LogP contribution in [-0.4, -0.2) is 7.11 Å². The van der Waals surface area contributed by atoms with Crippen molar-refractivity contribution in [2.24, 2.45) is 5.18 Å². The molecule has 0 atom stereocenters. The Bertz CT molecular complexity index is 660. The maximum Gasteiger partial charge on any atom is 0.123 e. The molecule has 0 amide bonds. The number of benzene rings is 2. The smallest absolute Gasteiger partial charge is 0.123 e. The van der Waals surface area contributed by atoms with Crippen molar-refractivity contribution in [3.63, 3.8) is 0 Å². The number of rotatable bonds is 5. The van der Waals surface area contributed by atoms with E-state index in [9.17, 15) is 4.91 Å². The van der Waals surface area contributed by atoms with Crippen molar-refractivity contribution in [3.05, 3.63) is 58.5 Å². The topological polar surface area (TPSA) is 50.7 Å². The van der Waals surface area contributed by atoms with Crippen molar-refractivity contribution in [2.75, 3.05) is 12.4 Å². The van der Waals surface area contributed by atoms with E-state index < -0.39 is 0 Å². The van der Waals surface area contributed by atoms with Crippen LogP contribution in [0.1, 0.15) is 11.1 Å². The van der Waals surface area contributed by atoms with Crippen LogP contribution in [0.3, 0.4) is 0 Å². The standard InChI is InChI=1S/C16H14N2O2/c1-3-12-5-4-6-14(9-12)17-11-13-10-15(18-19)7-8-16(13)20-2/h1,4-10,17H,11H2,2H3. The lowest BCUT2D eigenvalue weighted by molar-refractivity contribution is 0.410. The molecule has 1 N–H and O–H groups in total. The SMILES string of the molecule is C#Cc1cccc(NCc2cc(N=O)ccc2OC)c1. The Balaban J connectivity index is 2.17. The molecule has 0 radical (unpaired) electrons. The van der Waals surface area contributed by atoms with Crippen molar-refractivity contribution in [1.82, 2.24) is 0 Å². The third-order valence-corrected chi connectivity index (χ3v) is 2.88. The highest BCUT2D eigenvalue weighted by molar-refractivity contribution is 5.52. The second kappa shape index (κ2) is 6.39. The summed E-state index contributed by atoms with van der Waals surface area (Å²) in [6.45, 7) is 0.514. The molecule has 0 aliphatic carbocycles. The molecule has 0 fully saturated rings. The monoisotopic (exact) mass is 266 g/mol. The summed E-state index contributed by atoms with van der Waals surface area (Å²) < 4.78 is 5.26. The summed E-state index contributed by atoms with van der Waals surface area (Å²) >= 11 is 0. The maximum atomic E-state index is 10.6. The molecule has 4 nitrogen and oxygen atoms in total. The number of ether oxygens (including phenoxy) is 1. The number of nitroso groups, excluding NO2 is 1. The molecule has 0 unspecified atom stereocenters. The molecule has 0 saturated heterocycles. The highest BCUT2D eigenvalue weighted by atomic mass is 16.5. The predicted octanol–water partition coefficient (Wildman–Crippen LogP) is 3.69. The number of nitrogens with zero attached hydrogens (tertiary/aromatic N) is 1. The van der Waals surface area contributed by atoms with Crippen LogP contribution < -0.4 is 10.1 Å². The van der Waals surface area contributed by atoms with E-state index in [1.54, 1.807) is 25.3 Å². The quantitative estimate of drug-likeness (QED) is 0.663. The van der Waals surface area contributed by atoms with Gasteiger partial charge in [0.25, 0.3) is 0 Å². The van der Waals surface area contributed by atoms with Crippen LogP contribution in [0, 0.1) is 17.3 Å². The Kier molecular flexibility index (Phi) is 4.35. The van der Waals surface area contributed by atoms with Crippen molar-refractivity contribution in [2.45, 2.75) is 6.54 Å². The summed E-state index contributed by atoms with van der Waals surface area (Å²) in [5.74, 6) is 3.29. The molecule has 0 aliphatic rings. The van der Waals surface area contributed by atoms with Gasteiger partial charge < -0.3 is 10.1 Å². The molecule has 0 saturated carbocycles. The van der Waals surface area contributed by atoms with Crippen LogP contribution in [-0.2, 0) is 6.54 Å². The van der Waals surface area contributed by atoms with E-state index in [-0.39, 0.29) is 0 Å². The van der Waals surface area contributed by atoms with Crippen LogP contribution in [0.25, 0.3) is 0 Å². The van der Waals surface area contributed by atoms with E-state index in [4.69, 9.17) is 11.2 Å². The van der Waals surface area contributed by atoms with E-state index in [1.807, 2.05) is 24.3 Å². The van der Waals surface area contributed by atoms with Crippen molar-refractivity contribution in [1.29, 1.82) is 0 Å². The second-order valence-electron chi connectivity index (χ2n) is 4.17. The van der Waals surface area contributed by atoms with E-state index in [1.165, 1.54) is 0 Å². The normalized spacial score (nSPS) is 9.60. The van der Waals surface area contributed by atoms with E-state index in [0.29, 0.717) is 18.0 Å². The molecule has 0 heterocycles. The van der Waals surface area contributed by atoms with E-state index in [2.05, 4.69) is 16.4 Å². The number of terminal acetylenes is 1. The number of nitrogens with one attached hydrogen (secondary N) is 1. The molecule has 20 heavy (non-hydrogen) atoms. The molecule has 4 heteroatoms. The van der Waals surface area contributed by atoms with Gasteiger partial charge in [-0.05, 0) is 41.6 Å². The number of anilines is 1. The van der Waals surface area contributed by atoms with Gasteiger partial charge in [0, 0.05) is 23.4 Å². The first kappa shape index (κ1) is 13.6. The lowest BCUT2D eigenvalue weighted by Gasteiger charge is -2.11. The summed E-state index contributed by atoms with van der Waals surface area (Å²) in [6, 6.07) is 12.6. The van der Waals surface area contributed by atoms with E-state index >= 15 is 0 Å². The Hall–Kier alpha value is -2.80. The predicted molar refractivity (Wildman–Crippen MR) is 80.2 cm³/mol. The van der Waals surface area contributed by atoms with E-state index in [0.717, 1.165) is 16.8 Å². The first-order chi connectivity index (χ1) is 9.76. The van der Waals surface area contributed by atoms with Crippen molar-refractivity contribution in [3.8, 4) is 18.1 Å². The Morgan fingerprint density at radius 2 is 2.15 bits per heavy atom. The van der Waals surface area contributed by atoms with Gasteiger partial charge in [-0.3, -0.25) is 0 Å². The summed E-state index contributed by atoms with van der Waals surface area (Å²) in [4.78, 5) is 10.6. The molecular weight excluding hydrogens is 252 g/mol. The summed E-state index contributed by atoms with van der Waals surface area (Å²) in [5, 5.41) is 6.17. The largest absolute Gasteiger partial charge is 0.496 e. The summed E-state index contributed by atoms with van der Waals surface area (Å²) in [6.07, 6.45) is 5.36. The van der Waals surface area contributed by atoms with Gasteiger partial charge >= 0.3 is 0 Å². The third-order valence-electron chi connectivity index (χ3n) is 2.88. The van der Waals surface area contributed by atoms with Crippen LogP contribution >= 0.6 is 0 Å². The van der Waals surface area contributed by atoms with Crippen LogP contribution in [0.15, 0.2) is 47.6 Å². The minimum Gasteiger partial charge on any atom is -0.496 e. The second-order valence-corrected chi connectivity index (χ2v) is 4.17. The van der Waals surface area contributed by atoms with Gasteiger partial charge in [0.1, 0.15) is 11.4 Å². The highest BCUT2D eigenvalue weighted by Crippen LogP contribution is 2.25. The average Bonchev–Trinajstić information content (AvgIpc) is 2.52. The number of methoxy groups -OCH3 is 1. The third kappa shape index (κ3) is 3.15. The van der Waals surface area contributed by atoms with Gasteiger partial charge in [-0.1, -0.05) is 12.0 Å². The van der Waals surface area contributed by atoms with Crippen molar-refractivity contribution < 1.29 is 4.74 Å². The fourth-order valence-electron chi connectivity index (χ4n) is 1.88. The lowest BCUT2D eigenvalue weighted by atomic mass is 10.1. The number of hydrogen-bond donors (Lipinski definition) is 1. The zero-order valence-electron chi connectivity index (χ0n) is 11.1. The van der Waals surface area contributed by atoms with Gasteiger partial charge in [-0.25, -0.2) is 0 Å². The Labute approximate surface area is 117 Å². The molecule has 100 valence electrons. The van der Waals surface area contributed by atoms with Gasteiger partial charge in [0.2, 0.25) is 0 Å². The molecular formula is C16H14N2O2. The Morgan fingerprint density at radius 3 is 2.85 bits per heavy atom. The molecule has 0 bridgehead atoms.